The number of likely N-dealkylation sites (tertiary alicyclic amines) is 1. The van der Waals surface area contributed by atoms with Crippen molar-refractivity contribution in [3.8, 4) is 11.5 Å². The zero-order valence-corrected chi connectivity index (χ0v) is 18.7. The van der Waals surface area contributed by atoms with Crippen molar-refractivity contribution in [1.82, 2.24) is 15.0 Å². The van der Waals surface area contributed by atoms with Crippen LogP contribution in [0.2, 0.25) is 0 Å². The molecule has 2 heterocycles. The fourth-order valence-corrected chi connectivity index (χ4v) is 4.08. The number of carbonyl (C=O) groups is 1. The van der Waals surface area contributed by atoms with Gasteiger partial charge in [-0.3, -0.25) is 4.79 Å². The SMILES string of the molecule is COc1ccc(CCN(C)C2CCCN(C(=O)Cc3c(C)noc3C)C2)cc1OC. The maximum Gasteiger partial charge on any atom is 0.227 e. The van der Waals surface area contributed by atoms with E-state index >= 15 is 0 Å². The molecule has 1 aliphatic heterocycles. The van der Waals surface area contributed by atoms with Gasteiger partial charge in [0.25, 0.3) is 0 Å². The number of carbonyl (C=O) groups excluding carboxylic acids is 1. The van der Waals surface area contributed by atoms with Crippen molar-refractivity contribution in [3.05, 3.63) is 40.8 Å². The summed E-state index contributed by atoms with van der Waals surface area (Å²) in [5.41, 5.74) is 2.94. The smallest absolute Gasteiger partial charge is 0.227 e. The summed E-state index contributed by atoms with van der Waals surface area (Å²) >= 11 is 0. The van der Waals surface area contributed by atoms with Gasteiger partial charge < -0.3 is 23.8 Å². The van der Waals surface area contributed by atoms with Gasteiger partial charge in [-0.2, -0.15) is 0 Å². The Kier molecular flexibility index (Phi) is 7.37. The number of aromatic nitrogens is 1. The first-order valence-electron chi connectivity index (χ1n) is 10.5. The van der Waals surface area contributed by atoms with Gasteiger partial charge in [-0.1, -0.05) is 11.2 Å². The van der Waals surface area contributed by atoms with Crippen LogP contribution in [-0.2, 0) is 17.6 Å². The van der Waals surface area contributed by atoms with Crippen LogP contribution in [0.1, 0.15) is 35.4 Å². The lowest BCUT2D eigenvalue weighted by Crippen LogP contribution is -2.49. The van der Waals surface area contributed by atoms with E-state index in [1.165, 1.54) is 5.56 Å². The molecule has 0 spiro atoms. The minimum atomic E-state index is 0.155. The molecule has 0 N–H and O–H groups in total. The van der Waals surface area contributed by atoms with Gasteiger partial charge in [0.1, 0.15) is 5.76 Å². The molecule has 1 aromatic heterocycles. The van der Waals surface area contributed by atoms with E-state index in [0.717, 1.165) is 67.4 Å². The molecule has 0 radical (unpaired) electrons. The Morgan fingerprint density at radius 2 is 2.03 bits per heavy atom. The molecule has 3 rings (SSSR count). The molecule has 7 heteroatoms. The zero-order chi connectivity index (χ0) is 21.7. The topological polar surface area (TPSA) is 68.0 Å². The number of aryl methyl sites for hydroxylation is 2. The number of nitrogens with zero attached hydrogens (tertiary/aromatic N) is 3. The Balaban J connectivity index is 1.55. The molecular weight excluding hydrogens is 382 g/mol. The molecule has 2 aromatic rings. The van der Waals surface area contributed by atoms with Gasteiger partial charge in [0, 0.05) is 31.2 Å². The molecule has 164 valence electrons. The molecule has 1 atom stereocenters. The second kappa shape index (κ2) is 9.98. The third-order valence-electron chi connectivity index (χ3n) is 6.08. The van der Waals surface area contributed by atoms with Crippen molar-refractivity contribution < 1.29 is 18.8 Å². The molecular formula is C23H33N3O4. The summed E-state index contributed by atoms with van der Waals surface area (Å²) in [6, 6.07) is 6.43. The number of rotatable bonds is 8. The Morgan fingerprint density at radius 3 is 2.70 bits per heavy atom. The maximum absolute atomic E-state index is 12.9. The second-order valence-corrected chi connectivity index (χ2v) is 8.04. The van der Waals surface area contributed by atoms with Gasteiger partial charge in [-0.05, 0) is 57.9 Å². The number of benzene rings is 1. The van der Waals surface area contributed by atoms with Crippen LogP contribution in [0.4, 0.5) is 0 Å². The predicted molar refractivity (Wildman–Crippen MR) is 115 cm³/mol. The van der Waals surface area contributed by atoms with E-state index in [9.17, 15) is 4.79 Å². The van der Waals surface area contributed by atoms with Crippen molar-refractivity contribution in [2.75, 3.05) is 40.9 Å². The van der Waals surface area contributed by atoms with Crippen LogP contribution in [0, 0.1) is 13.8 Å². The lowest BCUT2D eigenvalue weighted by molar-refractivity contribution is -0.132. The third-order valence-corrected chi connectivity index (χ3v) is 6.08. The van der Waals surface area contributed by atoms with Crippen LogP contribution in [0.15, 0.2) is 22.7 Å². The van der Waals surface area contributed by atoms with Crippen molar-refractivity contribution in [2.45, 2.75) is 45.6 Å². The summed E-state index contributed by atoms with van der Waals surface area (Å²) in [4.78, 5) is 17.2. The first-order chi connectivity index (χ1) is 14.4. The van der Waals surface area contributed by atoms with Crippen LogP contribution in [0.25, 0.3) is 0 Å². The van der Waals surface area contributed by atoms with Crippen LogP contribution >= 0.6 is 0 Å². The quantitative estimate of drug-likeness (QED) is 0.660. The van der Waals surface area contributed by atoms with Crippen LogP contribution in [0.3, 0.4) is 0 Å². The highest BCUT2D eigenvalue weighted by Crippen LogP contribution is 2.28. The molecule has 0 bridgehead atoms. The number of ether oxygens (including phenoxy) is 2. The van der Waals surface area contributed by atoms with Crippen LogP contribution in [0.5, 0.6) is 11.5 Å². The first kappa shape index (κ1) is 22.2. The van der Waals surface area contributed by atoms with Crippen molar-refractivity contribution in [2.24, 2.45) is 0 Å². The molecule has 1 amide bonds. The Morgan fingerprint density at radius 1 is 1.27 bits per heavy atom. The van der Waals surface area contributed by atoms with E-state index in [4.69, 9.17) is 14.0 Å². The van der Waals surface area contributed by atoms with E-state index < -0.39 is 0 Å². The van der Waals surface area contributed by atoms with Gasteiger partial charge in [0.05, 0.1) is 26.3 Å². The van der Waals surface area contributed by atoms with Gasteiger partial charge in [-0.25, -0.2) is 0 Å². The van der Waals surface area contributed by atoms with E-state index in [2.05, 4.69) is 23.2 Å². The molecule has 1 saturated heterocycles. The molecule has 0 saturated carbocycles. The normalized spacial score (nSPS) is 16.7. The number of likely N-dealkylation sites (N-methyl/N-ethyl adjacent to an activating group) is 1. The Hall–Kier alpha value is -2.54. The van der Waals surface area contributed by atoms with E-state index in [-0.39, 0.29) is 5.91 Å². The Labute approximate surface area is 178 Å². The molecule has 7 nitrogen and oxygen atoms in total. The van der Waals surface area contributed by atoms with Gasteiger partial charge in [0.15, 0.2) is 11.5 Å². The van der Waals surface area contributed by atoms with E-state index in [1.54, 1.807) is 14.2 Å². The minimum Gasteiger partial charge on any atom is -0.493 e. The maximum atomic E-state index is 12.9. The van der Waals surface area contributed by atoms with Crippen LogP contribution in [-0.4, -0.2) is 67.8 Å². The summed E-state index contributed by atoms with van der Waals surface area (Å²) in [6.45, 7) is 6.27. The predicted octanol–water partition coefficient (Wildman–Crippen LogP) is 3.02. The fourth-order valence-electron chi connectivity index (χ4n) is 4.08. The standard InChI is InChI=1S/C23H33N3O4/c1-16-20(17(2)30-24-16)14-23(27)26-11-6-7-19(15-26)25(3)12-10-18-8-9-21(28-4)22(13-18)29-5/h8-9,13,19H,6-7,10-12,14-15H2,1-5H3. The summed E-state index contributed by atoms with van der Waals surface area (Å²) in [5, 5.41) is 3.96. The second-order valence-electron chi connectivity index (χ2n) is 8.04. The Bertz CT molecular complexity index is 845. The highest BCUT2D eigenvalue weighted by Gasteiger charge is 2.27. The summed E-state index contributed by atoms with van der Waals surface area (Å²) in [7, 11) is 5.45. The number of piperidine rings is 1. The van der Waals surface area contributed by atoms with Gasteiger partial charge in [0.2, 0.25) is 5.91 Å². The monoisotopic (exact) mass is 415 g/mol. The van der Waals surface area contributed by atoms with Crippen LogP contribution < -0.4 is 9.47 Å². The van der Waals surface area contributed by atoms with Crippen molar-refractivity contribution in [3.63, 3.8) is 0 Å². The summed E-state index contributed by atoms with van der Waals surface area (Å²) < 4.78 is 15.9. The summed E-state index contributed by atoms with van der Waals surface area (Å²) in [6.07, 6.45) is 3.42. The number of methoxy groups -OCH3 is 2. The minimum absolute atomic E-state index is 0.155. The average molecular weight is 416 g/mol. The fraction of sp³-hybridized carbons (Fsp3) is 0.565. The molecule has 1 aliphatic rings. The number of hydrogen-bond donors (Lipinski definition) is 0. The summed E-state index contributed by atoms with van der Waals surface area (Å²) in [5.74, 6) is 2.39. The molecule has 1 unspecified atom stereocenters. The highest BCUT2D eigenvalue weighted by atomic mass is 16.5. The molecule has 1 fully saturated rings. The van der Waals surface area contributed by atoms with Crippen molar-refractivity contribution in [1.29, 1.82) is 0 Å². The molecule has 0 aliphatic carbocycles. The number of amides is 1. The lowest BCUT2D eigenvalue weighted by atomic mass is 10.0. The van der Waals surface area contributed by atoms with Crippen molar-refractivity contribution >= 4 is 5.91 Å². The number of hydrogen-bond acceptors (Lipinski definition) is 6. The highest BCUT2D eigenvalue weighted by molar-refractivity contribution is 5.79. The zero-order valence-electron chi connectivity index (χ0n) is 18.7. The third kappa shape index (κ3) is 5.14. The molecule has 1 aromatic carbocycles. The first-order valence-corrected chi connectivity index (χ1v) is 10.5. The van der Waals surface area contributed by atoms with E-state index in [0.29, 0.717) is 12.5 Å². The van der Waals surface area contributed by atoms with E-state index in [1.807, 2.05) is 30.9 Å². The average Bonchev–Trinajstić information content (AvgIpc) is 3.09. The lowest BCUT2D eigenvalue weighted by Gasteiger charge is -2.37. The molecule has 30 heavy (non-hydrogen) atoms. The van der Waals surface area contributed by atoms with Gasteiger partial charge in [-0.15, -0.1) is 0 Å². The largest absolute Gasteiger partial charge is 0.493 e. The van der Waals surface area contributed by atoms with Gasteiger partial charge >= 0.3 is 0 Å².